The van der Waals surface area contributed by atoms with Crippen molar-refractivity contribution in [2.45, 2.75) is 50.9 Å². The Labute approximate surface area is 181 Å². The molecule has 1 fully saturated rings. The predicted octanol–water partition coefficient (Wildman–Crippen LogP) is 4.71. The van der Waals surface area contributed by atoms with E-state index in [4.69, 9.17) is 21.1 Å². The van der Waals surface area contributed by atoms with Crippen LogP contribution in [0.4, 0.5) is 10.5 Å². The molecule has 2 N–H and O–H groups in total. The van der Waals surface area contributed by atoms with E-state index in [0.717, 1.165) is 36.8 Å². The number of carbonyl (C=O) groups is 2. The van der Waals surface area contributed by atoms with Crippen molar-refractivity contribution in [2.24, 2.45) is 0 Å². The Morgan fingerprint density at radius 3 is 2.23 bits per heavy atom. The standard InChI is InChI=1S/C23H27ClN2O4/c1-29-21-12-10-19(11-13-21)25-22(27)14-16-4-8-20(9-5-16)26-23(28)30-15-17-2-6-18(24)7-3-17/h2-9,19,21H,10-15H2,1H3,(H,25,27)(H,26,28). The van der Waals surface area contributed by atoms with Crippen molar-refractivity contribution in [2.75, 3.05) is 12.4 Å². The molecule has 7 heteroatoms. The van der Waals surface area contributed by atoms with Crippen LogP contribution in [0.15, 0.2) is 48.5 Å². The number of anilines is 1. The van der Waals surface area contributed by atoms with Crippen LogP contribution in [-0.2, 0) is 27.3 Å². The van der Waals surface area contributed by atoms with Gasteiger partial charge in [0.05, 0.1) is 12.5 Å². The number of hydrogen-bond acceptors (Lipinski definition) is 4. The van der Waals surface area contributed by atoms with E-state index in [1.165, 1.54) is 0 Å². The fourth-order valence-corrected chi connectivity index (χ4v) is 3.62. The lowest BCUT2D eigenvalue weighted by Gasteiger charge is -2.28. The normalized spacial score (nSPS) is 18.5. The monoisotopic (exact) mass is 430 g/mol. The van der Waals surface area contributed by atoms with Gasteiger partial charge in [-0.1, -0.05) is 35.9 Å². The number of methoxy groups -OCH3 is 1. The zero-order valence-electron chi connectivity index (χ0n) is 17.0. The van der Waals surface area contributed by atoms with E-state index in [9.17, 15) is 9.59 Å². The summed E-state index contributed by atoms with van der Waals surface area (Å²) in [6.45, 7) is 0.160. The van der Waals surface area contributed by atoms with Gasteiger partial charge in [-0.05, 0) is 61.1 Å². The molecule has 0 unspecified atom stereocenters. The number of nitrogens with one attached hydrogen (secondary N) is 2. The zero-order chi connectivity index (χ0) is 21.3. The molecule has 30 heavy (non-hydrogen) atoms. The van der Waals surface area contributed by atoms with Crippen molar-refractivity contribution in [3.63, 3.8) is 0 Å². The van der Waals surface area contributed by atoms with Crippen LogP contribution in [-0.4, -0.2) is 31.3 Å². The maximum Gasteiger partial charge on any atom is 0.411 e. The largest absolute Gasteiger partial charge is 0.444 e. The topological polar surface area (TPSA) is 76.7 Å². The lowest BCUT2D eigenvalue weighted by Crippen LogP contribution is -2.39. The molecule has 2 amide bonds. The van der Waals surface area contributed by atoms with E-state index in [2.05, 4.69) is 10.6 Å². The lowest BCUT2D eigenvalue weighted by atomic mass is 9.93. The van der Waals surface area contributed by atoms with Gasteiger partial charge < -0.3 is 14.8 Å². The van der Waals surface area contributed by atoms with Crippen molar-refractivity contribution in [3.8, 4) is 0 Å². The molecule has 0 radical (unpaired) electrons. The molecular formula is C23H27ClN2O4. The number of benzene rings is 2. The van der Waals surface area contributed by atoms with Gasteiger partial charge in [0.2, 0.25) is 5.91 Å². The second-order valence-electron chi connectivity index (χ2n) is 7.48. The maximum absolute atomic E-state index is 12.3. The molecule has 2 aromatic rings. The lowest BCUT2D eigenvalue weighted by molar-refractivity contribution is -0.121. The third kappa shape index (κ3) is 7.04. The number of ether oxygens (including phenoxy) is 2. The Balaban J connectivity index is 1.40. The van der Waals surface area contributed by atoms with Gasteiger partial charge in [0, 0.05) is 23.9 Å². The van der Waals surface area contributed by atoms with Crippen molar-refractivity contribution >= 4 is 29.3 Å². The molecule has 1 saturated carbocycles. The van der Waals surface area contributed by atoms with E-state index >= 15 is 0 Å². The summed E-state index contributed by atoms with van der Waals surface area (Å²) in [4.78, 5) is 24.2. The minimum Gasteiger partial charge on any atom is -0.444 e. The Kier molecular flexibility index (Phi) is 8.11. The maximum atomic E-state index is 12.3. The summed E-state index contributed by atoms with van der Waals surface area (Å²) in [6.07, 6.45) is 3.95. The van der Waals surface area contributed by atoms with Crippen LogP contribution in [0.3, 0.4) is 0 Å². The molecule has 6 nitrogen and oxygen atoms in total. The number of amides is 2. The smallest absolute Gasteiger partial charge is 0.411 e. The third-order valence-corrected chi connectivity index (χ3v) is 5.47. The van der Waals surface area contributed by atoms with Gasteiger partial charge in [0.15, 0.2) is 0 Å². The third-order valence-electron chi connectivity index (χ3n) is 5.22. The van der Waals surface area contributed by atoms with Crippen molar-refractivity contribution in [3.05, 3.63) is 64.7 Å². The van der Waals surface area contributed by atoms with E-state index in [0.29, 0.717) is 23.2 Å². The van der Waals surface area contributed by atoms with Gasteiger partial charge in [-0.2, -0.15) is 0 Å². The molecule has 0 bridgehead atoms. The van der Waals surface area contributed by atoms with Crippen LogP contribution in [0.25, 0.3) is 0 Å². The van der Waals surface area contributed by atoms with Gasteiger partial charge in [-0.25, -0.2) is 4.79 Å². The first kappa shape index (κ1) is 22.1. The Morgan fingerprint density at radius 1 is 0.967 bits per heavy atom. The van der Waals surface area contributed by atoms with Crippen molar-refractivity contribution < 1.29 is 19.1 Å². The average molecular weight is 431 g/mol. The van der Waals surface area contributed by atoms with E-state index in [1.807, 2.05) is 12.1 Å². The highest BCUT2D eigenvalue weighted by atomic mass is 35.5. The summed E-state index contributed by atoms with van der Waals surface area (Å²) >= 11 is 5.84. The number of carbonyl (C=O) groups excluding carboxylic acids is 2. The minimum atomic E-state index is -0.540. The highest BCUT2D eigenvalue weighted by Gasteiger charge is 2.22. The van der Waals surface area contributed by atoms with E-state index in [1.54, 1.807) is 43.5 Å². The summed E-state index contributed by atoms with van der Waals surface area (Å²) < 4.78 is 10.6. The molecule has 1 aliphatic carbocycles. The number of rotatable bonds is 7. The van der Waals surface area contributed by atoms with Crippen LogP contribution in [0.1, 0.15) is 36.8 Å². The van der Waals surface area contributed by atoms with Gasteiger partial charge in [0.1, 0.15) is 6.61 Å². The molecule has 2 aromatic carbocycles. The zero-order valence-corrected chi connectivity index (χ0v) is 17.8. The molecule has 0 spiro atoms. The number of halogens is 1. The first-order valence-electron chi connectivity index (χ1n) is 10.1. The molecule has 0 heterocycles. The Bertz CT molecular complexity index is 831. The molecule has 0 atom stereocenters. The van der Waals surface area contributed by atoms with Crippen LogP contribution in [0.2, 0.25) is 5.02 Å². The van der Waals surface area contributed by atoms with Crippen LogP contribution >= 0.6 is 11.6 Å². The summed E-state index contributed by atoms with van der Waals surface area (Å²) in [7, 11) is 1.74. The fraction of sp³-hybridized carbons (Fsp3) is 0.391. The Hall–Kier alpha value is -2.57. The molecular weight excluding hydrogens is 404 g/mol. The van der Waals surface area contributed by atoms with Crippen LogP contribution in [0, 0.1) is 0 Å². The van der Waals surface area contributed by atoms with Gasteiger partial charge >= 0.3 is 6.09 Å². The molecule has 1 aliphatic rings. The molecule has 0 aliphatic heterocycles. The first-order chi connectivity index (χ1) is 14.5. The van der Waals surface area contributed by atoms with Crippen LogP contribution in [0.5, 0.6) is 0 Å². The second kappa shape index (κ2) is 11.0. The molecule has 0 aromatic heterocycles. The van der Waals surface area contributed by atoms with E-state index < -0.39 is 6.09 Å². The SMILES string of the molecule is COC1CCC(NC(=O)Cc2ccc(NC(=O)OCc3ccc(Cl)cc3)cc2)CC1. The van der Waals surface area contributed by atoms with Gasteiger partial charge in [0.25, 0.3) is 0 Å². The minimum absolute atomic E-state index is 0.0129. The quantitative estimate of drug-likeness (QED) is 0.667. The Morgan fingerprint density at radius 2 is 1.60 bits per heavy atom. The van der Waals surface area contributed by atoms with Gasteiger partial charge in [-0.15, -0.1) is 0 Å². The summed E-state index contributed by atoms with van der Waals surface area (Å²) in [5.74, 6) is 0.0129. The average Bonchev–Trinajstić information content (AvgIpc) is 2.75. The van der Waals surface area contributed by atoms with Crippen molar-refractivity contribution in [1.82, 2.24) is 5.32 Å². The number of hydrogen-bond donors (Lipinski definition) is 2. The highest BCUT2D eigenvalue weighted by Crippen LogP contribution is 2.21. The van der Waals surface area contributed by atoms with Gasteiger partial charge in [-0.3, -0.25) is 10.1 Å². The summed E-state index contributed by atoms with van der Waals surface area (Å²) in [5.41, 5.74) is 2.35. The first-order valence-corrected chi connectivity index (χ1v) is 10.5. The predicted molar refractivity (Wildman–Crippen MR) is 117 cm³/mol. The summed E-state index contributed by atoms with van der Waals surface area (Å²) in [6, 6.07) is 14.5. The van der Waals surface area contributed by atoms with Crippen LogP contribution < -0.4 is 10.6 Å². The molecule has 0 saturated heterocycles. The molecule has 3 rings (SSSR count). The van der Waals surface area contributed by atoms with E-state index in [-0.39, 0.29) is 18.6 Å². The van der Waals surface area contributed by atoms with Crippen molar-refractivity contribution in [1.29, 1.82) is 0 Å². The summed E-state index contributed by atoms with van der Waals surface area (Å²) in [5, 5.41) is 6.42. The molecule has 160 valence electrons. The highest BCUT2D eigenvalue weighted by molar-refractivity contribution is 6.30. The second-order valence-corrected chi connectivity index (χ2v) is 7.91. The fourth-order valence-electron chi connectivity index (χ4n) is 3.50.